The molecule has 1 atom stereocenters. The van der Waals surface area contributed by atoms with E-state index in [2.05, 4.69) is 10.3 Å². The molecule has 1 rings (SSSR count). The van der Waals surface area contributed by atoms with Crippen molar-refractivity contribution in [1.82, 2.24) is 10.8 Å². The fraction of sp³-hybridized carbons (Fsp3) is 0.667. The third-order valence-electron chi connectivity index (χ3n) is 1.68. The maximum Gasteiger partial charge on any atom is 0.220 e. The van der Waals surface area contributed by atoms with Crippen molar-refractivity contribution in [3.8, 4) is 0 Å². The molecule has 0 radical (unpaired) electrons. The highest BCUT2D eigenvalue weighted by molar-refractivity contribution is 5.78. The van der Waals surface area contributed by atoms with E-state index in [1.54, 1.807) is 5.48 Å². The van der Waals surface area contributed by atoms with Crippen LogP contribution in [0.2, 0.25) is 0 Å². The number of amides is 1. The molecule has 0 aliphatic carbocycles. The molecule has 1 aliphatic rings. The molecule has 0 aromatic heterocycles. The van der Waals surface area contributed by atoms with Crippen LogP contribution >= 0.6 is 0 Å². The quantitative estimate of drug-likeness (QED) is 0.221. The van der Waals surface area contributed by atoms with Gasteiger partial charge in [-0.15, -0.1) is 0 Å². The lowest BCUT2D eigenvalue weighted by molar-refractivity contribution is -0.122. The van der Waals surface area contributed by atoms with Crippen LogP contribution in [0.25, 0.3) is 0 Å². The molecule has 0 saturated carbocycles. The van der Waals surface area contributed by atoms with Gasteiger partial charge < -0.3 is 11.1 Å². The van der Waals surface area contributed by atoms with Crippen LogP contribution in [0.3, 0.4) is 0 Å². The third-order valence-corrected chi connectivity index (χ3v) is 1.68. The molecule has 5 N–H and O–H groups in total. The van der Waals surface area contributed by atoms with E-state index in [9.17, 15) is 4.79 Å². The van der Waals surface area contributed by atoms with Crippen molar-refractivity contribution in [3.05, 3.63) is 0 Å². The first-order chi connectivity index (χ1) is 5.72. The molecule has 68 valence electrons. The Morgan fingerprint density at radius 1 is 1.83 bits per heavy atom. The van der Waals surface area contributed by atoms with E-state index in [1.807, 2.05) is 0 Å². The number of guanidine groups is 1. The van der Waals surface area contributed by atoms with E-state index >= 15 is 0 Å². The maximum absolute atomic E-state index is 10.7. The van der Waals surface area contributed by atoms with Crippen molar-refractivity contribution in [2.45, 2.75) is 18.9 Å². The summed E-state index contributed by atoms with van der Waals surface area (Å²) >= 11 is 0. The zero-order chi connectivity index (χ0) is 8.97. The highest BCUT2D eigenvalue weighted by Crippen LogP contribution is 2.05. The molecule has 1 fully saturated rings. The fourth-order valence-corrected chi connectivity index (χ4v) is 1.06. The van der Waals surface area contributed by atoms with Gasteiger partial charge in [0, 0.05) is 13.0 Å². The van der Waals surface area contributed by atoms with Crippen molar-refractivity contribution in [3.63, 3.8) is 0 Å². The van der Waals surface area contributed by atoms with Gasteiger partial charge >= 0.3 is 0 Å². The van der Waals surface area contributed by atoms with E-state index in [-0.39, 0.29) is 17.9 Å². The fourth-order valence-electron chi connectivity index (χ4n) is 1.06. The summed E-state index contributed by atoms with van der Waals surface area (Å²) in [5, 5.41) is 11.0. The minimum atomic E-state index is -0.0256. The van der Waals surface area contributed by atoms with Gasteiger partial charge in [0.2, 0.25) is 11.9 Å². The van der Waals surface area contributed by atoms with Crippen LogP contribution in [-0.4, -0.2) is 29.7 Å². The lowest BCUT2D eigenvalue weighted by Gasteiger charge is -2.18. The Morgan fingerprint density at radius 2 is 2.58 bits per heavy atom. The molecule has 1 unspecified atom stereocenters. The Kier molecular flexibility index (Phi) is 2.87. The van der Waals surface area contributed by atoms with E-state index in [4.69, 9.17) is 10.9 Å². The van der Waals surface area contributed by atoms with Crippen LogP contribution in [0, 0.1) is 0 Å². The molecule has 6 heteroatoms. The van der Waals surface area contributed by atoms with Gasteiger partial charge in [-0.25, -0.2) is 10.5 Å². The Hall–Kier alpha value is -1.30. The largest absolute Gasteiger partial charge is 0.368 e. The molecule has 1 amide bonds. The van der Waals surface area contributed by atoms with Gasteiger partial charge in [0.25, 0.3) is 0 Å². The summed E-state index contributed by atoms with van der Waals surface area (Å²) in [6, 6.07) is -0.0256. The molecule has 0 spiro atoms. The van der Waals surface area contributed by atoms with Gasteiger partial charge in [-0.2, -0.15) is 0 Å². The van der Waals surface area contributed by atoms with Gasteiger partial charge in [0.15, 0.2) is 0 Å². The number of hydrogen-bond donors (Lipinski definition) is 4. The molecular formula is C6H12N4O2. The van der Waals surface area contributed by atoms with Crippen LogP contribution < -0.4 is 16.5 Å². The van der Waals surface area contributed by atoms with Gasteiger partial charge in [-0.1, -0.05) is 0 Å². The summed E-state index contributed by atoms with van der Waals surface area (Å²) in [5.41, 5.74) is 6.95. The highest BCUT2D eigenvalue weighted by atomic mass is 16.5. The number of carbonyl (C=O) groups excluding carboxylic acids is 1. The number of carbonyl (C=O) groups is 1. The molecule has 6 nitrogen and oxygen atoms in total. The summed E-state index contributed by atoms with van der Waals surface area (Å²) in [5.74, 6) is 0.0214. The number of hydrogen-bond acceptors (Lipinski definition) is 3. The van der Waals surface area contributed by atoms with Crippen molar-refractivity contribution in [2.75, 3.05) is 6.54 Å². The first-order valence-corrected chi connectivity index (χ1v) is 3.72. The second kappa shape index (κ2) is 3.91. The third kappa shape index (κ3) is 2.39. The lowest BCUT2D eigenvalue weighted by atomic mass is 10.1. The smallest absolute Gasteiger partial charge is 0.220 e. The first-order valence-electron chi connectivity index (χ1n) is 3.72. The van der Waals surface area contributed by atoms with E-state index < -0.39 is 0 Å². The number of aliphatic imine (C=N–C) groups is 1. The van der Waals surface area contributed by atoms with Gasteiger partial charge in [-0.05, 0) is 6.42 Å². The molecule has 1 heterocycles. The maximum atomic E-state index is 10.7. The molecule has 1 saturated heterocycles. The van der Waals surface area contributed by atoms with Crippen LogP contribution in [0.4, 0.5) is 0 Å². The van der Waals surface area contributed by atoms with Crippen LogP contribution in [0.1, 0.15) is 12.8 Å². The SMILES string of the molecule is NC(=NC1CCC(=O)NC1)NO. The Labute approximate surface area is 69.8 Å². The number of hydroxylamine groups is 1. The summed E-state index contributed by atoms with van der Waals surface area (Å²) in [4.78, 5) is 14.6. The summed E-state index contributed by atoms with van der Waals surface area (Å²) in [7, 11) is 0. The molecule has 12 heavy (non-hydrogen) atoms. The van der Waals surface area contributed by atoms with E-state index in [0.29, 0.717) is 19.4 Å². The van der Waals surface area contributed by atoms with Crippen molar-refractivity contribution in [1.29, 1.82) is 0 Å². The minimum Gasteiger partial charge on any atom is -0.368 e. The zero-order valence-corrected chi connectivity index (χ0v) is 6.58. The minimum absolute atomic E-state index is 0.0175. The van der Waals surface area contributed by atoms with Crippen LogP contribution in [-0.2, 0) is 4.79 Å². The number of nitrogens with one attached hydrogen (secondary N) is 2. The molecule has 0 bridgehead atoms. The number of piperidine rings is 1. The van der Waals surface area contributed by atoms with Gasteiger partial charge in [0.05, 0.1) is 6.04 Å². The second-order valence-corrected chi connectivity index (χ2v) is 2.62. The zero-order valence-electron chi connectivity index (χ0n) is 6.58. The van der Waals surface area contributed by atoms with E-state index in [1.165, 1.54) is 0 Å². The van der Waals surface area contributed by atoms with Crippen molar-refractivity contribution in [2.24, 2.45) is 10.7 Å². The number of nitrogens with zero attached hydrogens (tertiary/aromatic N) is 1. The van der Waals surface area contributed by atoms with E-state index in [0.717, 1.165) is 0 Å². The number of rotatable bonds is 1. The predicted molar refractivity (Wildman–Crippen MR) is 42.6 cm³/mol. The van der Waals surface area contributed by atoms with Crippen LogP contribution in [0.15, 0.2) is 4.99 Å². The molecule has 0 aromatic rings. The Morgan fingerprint density at radius 3 is 3.08 bits per heavy atom. The second-order valence-electron chi connectivity index (χ2n) is 2.62. The monoisotopic (exact) mass is 172 g/mol. The Balaban J connectivity index is 2.40. The standard InChI is InChI=1S/C6H12N4O2/c7-6(10-12)9-4-1-2-5(11)8-3-4/h4,12H,1-3H2,(H,8,11)(H3,7,9,10). The molecule has 1 aliphatic heterocycles. The Bertz CT molecular complexity index is 194. The summed E-state index contributed by atoms with van der Waals surface area (Å²) in [6.45, 7) is 0.487. The van der Waals surface area contributed by atoms with Crippen LogP contribution in [0.5, 0.6) is 0 Å². The predicted octanol–water partition coefficient (Wildman–Crippen LogP) is -1.44. The van der Waals surface area contributed by atoms with Crippen molar-refractivity contribution < 1.29 is 10.0 Å². The van der Waals surface area contributed by atoms with Crippen molar-refractivity contribution >= 4 is 11.9 Å². The highest BCUT2D eigenvalue weighted by Gasteiger charge is 2.16. The summed E-state index contributed by atoms with van der Waals surface area (Å²) in [6.07, 6.45) is 1.14. The molecule has 0 aromatic carbocycles. The summed E-state index contributed by atoms with van der Waals surface area (Å²) < 4.78 is 0. The average Bonchev–Trinajstić information content (AvgIpc) is 2.09. The van der Waals surface area contributed by atoms with Gasteiger partial charge in [-0.3, -0.25) is 10.0 Å². The topological polar surface area (TPSA) is 99.7 Å². The normalized spacial score (nSPS) is 24.9. The van der Waals surface area contributed by atoms with Gasteiger partial charge in [0.1, 0.15) is 0 Å². The molecular weight excluding hydrogens is 160 g/mol. The lowest BCUT2D eigenvalue weighted by Crippen LogP contribution is -2.39. The number of nitrogens with two attached hydrogens (primary N) is 1. The first kappa shape index (κ1) is 8.79. The average molecular weight is 172 g/mol.